The molecule has 0 atom stereocenters. The number of nitrogen functional groups attached to an aromatic ring is 1. The number of imidazole rings is 1. The molecule has 8 heteroatoms. The highest BCUT2D eigenvalue weighted by molar-refractivity contribution is 5.80. The molecule has 0 aliphatic heterocycles. The zero-order chi connectivity index (χ0) is 15.0. The summed E-state index contributed by atoms with van der Waals surface area (Å²) in [6.07, 6.45) is -1.80. The van der Waals surface area contributed by atoms with Crippen molar-refractivity contribution in [3.63, 3.8) is 0 Å². The fourth-order valence-electron chi connectivity index (χ4n) is 2.06. The Morgan fingerprint density at radius 3 is 2.67 bits per heavy atom. The van der Waals surface area contributed by atoms with Crippen LogP contribution in [0, 0.1) is 0 Å². The van der Waals surface area contributed by atoms with Crippen molar-refractivity contribution in [1.82, 2.24) is 14.5 Å². The summed E-state index contributed by atoms with van der Waals surface area (Å²) in [4.78, 5) is 7.97. The van der Waals surface area contributed by atoms with E-state index in [1.165, 1.54) is 35.2 Å². The number of alkyl halides is 3. The zero-order valence-corrected chi connectivity index (χ0v) is 10.5. The summed E-state index contributed by atoms with van der Waals surface area (Å²) in [7, 11) is 0. The molecule has 0 saturated heterocycles. The van der Waals surface area contributed by atoms with E-state index in [9.17, 15) is 13.2 Å². The molecule has 3 rings (SSSR count). The lowest BCUT2D eigenvalue weighted by Gasteiger charge is -2.14. The molecule has 21 heavy (non-hydrogen) atoms. The van der Waals surface area contributed by atoms with Gasteiger partial charge >= 0.3 is 6.36 Å². The number of benzene rings is 1. The number of nitrogens with zero attached hydrogens (tertiary/aromatic N) is 3. The van der Waals surface area contributed by atoms with Crippen LogP contribution in [0.25, 0.3) is 16.7 Å². The molecule has 0 fully saturated rings. The molecule has 3 aromatic rings. The van der Waals surface area contributed by atoms with Crippen molar-refractivity contribution in [3.05, 3.63) is 42.7 Å². The van der Waals surface area contributed by atoms with Crippen molar-refractivity contribution >= 4 is 17.0 Å². The van der Waals surface area contributed by atoms with Gasteiger partial charge in [0.25, 0.3) is 0 Å². The van der Waals surface area contributed by atoms with E-state index in [1.807, 2.05) is 0 Å². The second-order valence-electron chi connectivity index (χ2n) is 4.19. The zero-order valence-electron chi connectivity index (χ0n) is 10.5. The third-order valence-corrected chi connectivity index (χ3v) is 2.81. The lowest BCUT2D eigenvalue weighted by molar-refractivity contribution is -0.274. The standard InChI is InChI=1S/C13H9F3N4O/c14-13(15,16)21-11-4-2-1-3-10(11)20-9-5-6-18-7-8(9)19-12(20)17/h1-7H,(H2,17,19). The Bertz CT molecular complexity index is 797. The van der Waals surface area contributed by atoms with Crippen LogP contribution >= 0.6 is 0 Å². The monoisotopic (exact) mass is 294 g/mol. The van der Waals surface area contributed by atoms with Gasteiger partial charge in [-0.25, -0.2) is 4.98 Å². The predicted molar refractivity (Wildman–Crippen MR) is 70.0 cm³/mol. The van der Waals surface area contributed by atoms with E-state index < -0.39 is 6.36 Å². The summed E-state index contributed by atoms with van der Waals surface area (Å²) >= 11 is 0. The van der Waals surface area contributed by atoms with Crippen molar-refractivity contribution in [2.75, 3.05) is 5.73 Å². The Kier molecular flexibility index (Phi) is 2.93. The van der Waals surface area contributed by atoms with E-state index in [4.69, 9.17) is 5.73 Å². The van der Waals surface area contributed by atoms with Gasteiger partial charge in [-0.05, 0) is 18.2 Å². The Balaban J connectivity index is 2.22. The van der Waals surface area contributed by atoms with Crippen LogP contribution < -0.4 is 10.5 Å². The van der Waals surface area contributed by atoms with Crippen LogP contribution in [-0.2, 0) is 0 Å². The summed E-state index contributed by atoms with van der Waals surface area (Å²) in [5, 5.41) is 0. The number of pyridine rings is 1. The van der Waals surface area contributed by atoms with Gasteiger partial charge in [0.1, 0.15) is 5.52 Å². The number of hydrogen-bond donors (Lipinski definition) is 1. The van der Waals surface area contributed by atoms with Crippen molar-refractivity contribution in [1.29, 1.82) is 0 Å². The molecule has 2 heterocycles. The van der Waals surface area contributed by atoms with Gasteiger partial charge in [-0.15, -0.1) is 13.2 Å². The van der Waals surface area contributed by atoms with Crippen LogP contribution in [0.5, 0.6) is 5.75 Å². The highest BCUT2D eigenvalue weighted by Crippen LogP contribution is 2.32. The van der Waals surface area contributed by atoms with Gasteiger partial charge in [0.2, 0.25) is 5.95 Å². The fraction of sp³-hybridized carbons (Fsp3) is 0.0769. The van der Waals surface area contributed by atoms with Gasteiger partial charge in [-0.1, -0.05) is 12.1 Å². The molecule has 2 aromatic heterocycles. The van der Waals surface area contributed by atoms with Gasteiger partial charge in [0, 0.05) is 6.20 Å². The molecule has 108 valence electrons. The van der Waals surface area contributed by atoms with Crippen molar-refractivity contribution < 1.29 is 17.9 Å². The highest BCUT2D eigenvalue weighted by Gasteiger charge is 2.32. The summed E-state index contributed by atoms with van der Waals surface area (Å²) in [6.45, 7) is 0. The number of rotatable bonds is 2. The van der Waals surface area contributed by atoms with Crippen LogP contribution in [0.15, 0.2) is 42.7 Å². The van der Waals surface area contributed by atoms with Crippen LogP contribution in [0.3, 0.4) is 0 Å². The molecule has 0 aliphatic carbocycles. The van der Waals surface area contributed by atoms with Crippen LogP contribution in [0.1, 0.15) is 0 Å². The number of nitrogens with two attached hydrogens (primary N) is 1. The Morgan fingerprint density at radius 2 is 1.90 bits per heavy atom. The normalized spacial score (nSPS) is 11.8. The lowest BCUT2D eigenvalue weighted by atomic mass is 10.3. The van der Waals surface area contributed by atoms with Crippen molar-refractivity contribution in [2.24, 2.45) is 0 Å². The van der Waals surface area contributed by atoms with Gasteiger partial charge in [-0.2, -0.15) is 0 Å². The summed E-state index contributed by atoms with van der Waals surface area (Å²) in [5.74, 6) is -0.302. The van der Waals surface area contributed by atoms with E-state index in [0.717, 1.165) is 0 Å². The van der Waals surface area contributed by atoms with E-state index in [1.54, 1.807) is 12.1 Å². The summed E-state index contributed by atoms with van der Waals surface area (Å²) in [5.41, 5.74) is 6.98. The second kappa shape index (κ2) is 4.65. The minimum atomic E-state index is -4.79. The second-order valence-corrected chi connectivity index (χ2v) is 4.19. The van der Waals surface area contributed by atoms with Gasteiger partial charge in [0.05, 0.1) is 17.4 Å². The smallest absolute Gasteiger partial charge is 0.404 e. The molecular weight excluding hydrogens is 285 g/mol. The first kappa shape index (κ1) is 13.2. The molecule has 5 nitrogen and oxygen atoms in total. The first-order valence-corrected chi connectivity index (χ1v) is 5.89. The molecule has 0 bridgehead atoms. The average molecular weight is 294 g/mol. The summed E-state index contributed by atoms with van der Waals surface area (Å²) < 4.78 is 42.9. The maximum absolute atomic E-state index is 12.5. The van der Waals surface area contributed by atoms with Gasteiger partial charge < -0.3 is 10.5 Å². The first-order valence-electron chi connectivity index (χ1n) is 5.89. The SMILES string of the molecule is Nc1nc2cnccc2n1-c1ccccc1OC(F)(F)F. The molecule has 0 radical (unpaired) electrons. The number of fused-ring (bicyclic) bond motifs is 1. The molecule has 0 unspecified atom stereocenters. The van der Waals surface area contributed by atoms with Crippen LogP contribution in [0.2, 0.25) is 0 Å². The van der Waals surface area contributed by atoms with Gasteiger partial charge in [0.15, 0.2) is 5.75 Å². The van der Waals surface area contributed by atoms with E-state index in [-0.39, 0.29) is 17.4 Å². The molecule has 1 aromatic carbocycles. The van der Waals surface area contributed by atoms with Crippen molar-refractivity contribution in [2.45, 2.75) is 6.36 Å². The number of ether oxygens (including phenoxy) is 1. The Morgan fingerprint density at radius 1 is 1.14 bits per heavy atom. The molecule has 0 amide bonds. The average Bonchev–Trinajstić information content (AvgIpc) is 2.73. The van der Waals surface area contributed by atoms with Crippen molar-refractivity contribution in [3.8, 4) is 11.4 Å². The first-order chi connectivity index (χ1) is 9.96. The van der Waals surface area contributed by atoms with Crippen LogP contribution in [0.4, 0.5) is 19.1 Å². The maximum Gasteiger partial charge on any atom is 0.573 e. The van der Waals surface area contributed by atoms with Gasteiger partial charge in [-0.3, -0.25) is 9.55 Å². The topological polar surface area (TPSA) is 66.0 Å². The Hall–Kier alpha value is -2.77. The number of hydrogen-bond acceptors (Lipinski definition) is 4. The quantitative estimate of drug-likeness (QED) is 0.789. The third-order valence-electron chi connectivity index (χ3n) is 2.81. The molecule has 0 saturated carbocycles. The largest absolute Gasteiger partial charge is 0.573 e. The summed E-state index contributed by atoms with van der Waals surface area (Å²) in [6, 6.07) is 7.34. The number of aromatic nitrogens is 3. The minimum absolute atomic E-state index is 0.0521. The number of halogens is 3. The fourth-order valence-corrected chi connectivity index (χ4v) is 2.06. The third kappa shape index (κ3) is 2.47. The Labute approximate surface area is 116 Å². The van der Waals surface area contributed by atoms with E-state index >= 15 is 0 Å². The number of para-hydroxylation sites is 2. The predicted octanol–water partition coefficient (Wildman–Crippen LogP) is 2.90. The maximum atomic E-state index is 12.5. The molecule has 2 N–H and O–H groups in total. The number of anilines is 1. The highest BCUT2D eigenvalue weighted by atomic mass is 19.4. The molecular formula is C13H9F3N4O. The van der Waals surface area contributed by atoms with E-state index in [0.29, 0.717) is 11.0 Å². The van der Waals surface area contributed by atoms with Crippen LogP contribution in [-0.4, -0.2) is 20.9 Å². The molecule has 0 aliphatic rings. The van der Waals surface area contributed by atoms with E-state index in [2.05, 4.69) is 14.7 Å². The molecule has 0 spiro atoms. The lowest BCUT2D eigenvalue weighted by Crippen LogP contribution is -2.18. The minimum Gasteiger partial charge on any atom is -0.404 e.